The summed E-state index contributed by atoms with van der Waals surface area (Å²) in [6, 6.07) is 0.258. The Bertz CT molecular complexity index is 540. The lowest BCUT2D eigenvalue weighted by atomic mass is 9.89. The van der Waals surface area contributed by atoms with Crippen LogP contribution in [0.1, 0.15) is 44.8 Å². The first-order chi connectivity index (χ1) is 10.6. The van der Waals surface area contributed by atoms with E-state index >= 15 is 0 Å². The summed E-state index contributed by atoms with van der Waals surface area (Å²) in [5.74, 6) is 0. The highest BCUT2D eigenvalue weighted by Crippen LogP contribution is 2.30. The zero-order chi connectivity index (χ0) is 15.6. The summed E-state index contributed by atoms with van der Waals surface area (Å²) in [6.45, 7) is 8.17. The van der Waals surface area contributed by atoms with Gasteiger partial charge in [0.25, 0.3) is 0 Å². The average molecular weight is 306 g/mol. The first-order valence-electron chi connectivity index (χ1n) is 8.19. The molecule has 1 atom stereocenters. The summed E-state index contributed by atoms with van der Waals surface area (Å²) in [6.07, 6.45) is 6.87. The van der Waals surface area contributed by atoms with Gasteiger partial charge in [-0.2, -0.15) is 0 Å². The second-order valence-electron chi connectivity index (χ2n) is 6.73. The van der Waals surface area contributed by atoms with Crippen LogP contribution in [0.5, 0.6) is 0 Å². The molecule has 0 amide bonds. The van der Waals surface area contributed by atoms with E-state index in [-0.39, 0.29) is 6.04 Å². The first kappa shape index (κ1) is 15.6. The van der Waals surface area contributed by atoms with Crippen molar-refractivity contribution in [3.63, 3.8) is 0 Å². The highest BCUT2D eigenvalue weighted by Gasteiger charge is 2.37. The lowest BCUT2D eigenvalue weighted by molar-refractivity contribution is -0.0373. The van der Waals surface area contributed by atoms with Crippen molar-refractivity contribution in [1.29, 1.82) is 0 Å². The van der Waals surface area contributed by atoms with E-state index in [1.165, 1.54) is 5.57 Å². The zero-order valence-corrected chi connectivity index (χ0v) is 13.5. The van der Waals surface area contributed by atoms with Crippen LogP contribution >= 0.6 is 0 Å². The minimum atomic E-state index is -0.887. The molecule has 6 heteroatoms. The van der Waals surface area contributed by atoms with Gasteiger partial charge in [-0.1, -0.05) is 11.3 Å². The Kier molecular flexibility index (Phi) is 4.61. The molecule has 1 unspecified atom stereocenters. The SMILES string of the molecule is CC(C)n1cc(C2(O)CCCN(CC3=CCCOC3)C2)nn1. The lowest BCUT2D eigenvalue weighted by Crippen LogP contribution is -2.47. The number of nitrogens with zero attached hydrogens (tertiary/aromatic N) is 4. The number of aliphatic hydroxyl groups is 1. The summed E-state index contributed by atoms with van der Waals surface area (Å²) in [5, 5.41) is 19.4. The first-order valence-corrected chi connectivity index (χ1v) is 8.19. The number of piperidine rings is 1. The molecule has 0 spiro atoms. The maximum Gasteiger partial charge on any atom is 0.123 e. The van der Waals surface area contributed by atoms with Gasteiger partial charge in [0.15, 0.2) is 0 Å². The smallest absolute Gasteiger partial charge is 0.123 e. The molecule has 0 bridgehead atoms. The molecular weight excluding hydrogens is 280 g/mol. The van der Waals surface area contributed by atoms with Crippen molar-refractivity contribution in [2.75, 3.05) is 32.8 Å². The van der Waals surface area contributed by atoms with Crippen LogP contribution in [0, 0.1) is 0 Å². The number of hydrogen-bond donors (Lipinski definition) is 1. The van der Waals surface area contributed by atoms with Gasteiger partial charge in [0.2, 0.25) is 0 Å². The number of rotatable bonds is 4. The molecule has 2 aliphatic rings. The van der Waals surface area contributed by atoms with Crippen LogP contribution in [-0.4, -0.2) is 57.8 Å². The molecule has 1 saturated heterocycles. The molecule has 3 rings (SSSR count). The summed E-state index contributed by atoms with van der Waals surface area (Å²) in [5.41, 5.74) is 1.13. The van der Waals surface area contributed by atoms with Crippen molar-refractivity contribution in [2.24, 2.45) is 0 Å². The standard InChI is InChI=1S/C16H26N4O2/c1-13(2)20-10-15(17-18-20)16(21)6-4-7-19(12-16)9-14-5-3-8-22-11-14/h5,10,13,21H,3-4,6-9,11-12H2,1-2H3. The highest BCUT2D eigenvalue weighted by atomic mass is 16.5. The van der Waals surface area contributed by atoms with Gasteiger partial charge in [0.1, 0.15) is 11.3 Å². The van der Waals surface area contributed by atoms with Crippen molar-refractivity contribution >= 4 is 0 Å². The Morgan fingerprint density at radius 2 is 2.32 bits per heavy atom. The molecule has 1 N–H and O–H groups in total. The van der Waals surface area contributed by atoms with E-state index < -0.39 is 5.60 Å². The van der Waals surface area contributed by atoms with Crippen molar-refractivity contribution in [3.05, 3.63) is 23.5 Å². The second kappa shape index (κ2) is 6.48. The van der Waals surface area contributed by atoms with E-state index in [4.69, 9.17) is 4.74 Å². The number of aromatic nitrogens is 3. The molecular formula is C16H26N4O2. The fraction of sp³-hybridized carbons (Fsp3) is 0.750. The Morgan fingerprint density at radius 1 is 1.45 bits per heavy atom. The minimum Gasteiger partial charge on any atom is -0.382 e. The van der Waals surface area contributed by atoms with Crippen molar-refractivity contribution < 1.29 is 9.84 Å². The van der Waals surface area contributed by atoms with Crippen molar-refractivity contribution in [3.8, 4) is 0 Å². The maximum atomic E-state index is 11.0. The van der Waals surface area contributed by atoms with Crippen LogP contribution in [0.4, 0.5) is 0 Å². The number of likely N-dealkylation sites (tertiary alicyclic amines) is 1. The maximum absolute atomic E-state index is 11.0. The third-order valence-corrected chi connectivity index (χ3v) is 4.48. The van der Waals surface area contributed by atoms with Crippen LogP contribution in [-0.2, 0) is 10.3 Å². The number of β-amino-alcohol motifs (C(OH)–C–C–N with tert-alkyl or cyclic N) is 1. The Labute approximate surface area is 131 Å². The van der Waals surface area contributed by atoms with E-state index in [0.717, 1.165) is 45.6 Å². The summed E-state index contributed by atoms with van der Waals surface area (Å²) >= 11 is 0. The number of ether oxygens (including phenoxy) is 1. The third kappa shape index (κ3) is 3.39. The highest BCUT2D eigenvalue weighted by molar-refractivity contribution is 5.12. The summed E-state index contributed by atoms with van der Waals surface area (Å²) in [4.78, 5) is 2.30. The lowest BCUT2D eigenvalue weighted by Gasteiger charge is -2.38. The minimum absolute atomic E-state index is 0.258. The molecule has 0 aromatic carbocycles. The van der Waals surface area contributed by atoms with Gasteiger partial charge < -0.3 is 9.84 Å². The quantitative estimate of drug-likeness (QED) is 0.854. The predicted molar refractivity (Wildman–Crippen MR) is 83.5 cm³/mol. The predicted octanol–water partition coefficient (Wildman–Crippen LogP) is 1.49. The summed E-state index contributed by atoms with van der Waals surface area (Å²) < 4.78 is 7.32. The zero-order valence-electron chi connectivity index (χ0n) is 13.5. The van der Waals surface area contributed by atoms with E-state index in [1.807, 2.05) is 10.9 Å². The van der Waals surface area contributed by atoms with Crippen LogP contribution < -0.4 is 0 Å². The van der Waals surface area contributed by atoms with Gasteiger partial charge in [-0.25, -0.2) is 4.68 Å². The molecule has 2 aliphatic heterocycles. The molecule has 1 aromatic heterocycles. The van der Waals surface area contributed by atoms with Gasteiger partial charge in [-0.15, -0.1) is 5.10 Å². The Morgan fingerprint density at radius 3 is 3.00 bits per heavy atom. The van der Waals surface area contributed by atoms with E-state index in [0.29, 0.717) is 12.2 Å². The van der Waals surface area contributed by atoms with E-state index in [1.54, 1.807) is 0 Å². The third-order valence-electron chi connectivity index (χ3n) is 4.48. The average Bonchev–Trinajstić information content (AvgIpc) is 2.99. The van der Waals surface area contributed by atoms with Gasteiger partial charge >= 0.3 is 0 Å². The fourth-order valence-electron chi connectivity index (χ4n) is 3.22. The number of hydrogen-bond acceptors (Lipinski definition) is 5. The molecule has 0 radical (unpaired) electrons. The molecule has 0 aliphatic carbocycles. The van der Waals surface area contributed by atoms with Gasteiger partial charge in [0.05, 0.1) is 19.4 Å². The topological polar surface area (TPSA) is 63.4 Å². The molecule has 1 aromatic rings. The monoisotopic (exact) mass is 306 g/mol. The van der Waals surface area contributed by atoms with E-state index in [9.17, 15) is 5.11 Å². The molecule has 6 nitrogen and oxygen atoms in total. The van der Waals surface area contributed by atoms with Crippen LogP contribution in [0.2, 0.25) is 0 Å². The van der Waals surface area contributed by atoms with Crippen LogP contribution in [0.25, 0.3) is 0 Å². The fourth-order valence-corrected chi connectivity index (χ4v) is 3.22. The Hall–Kier alpha value is -1.24. The summed E-state index contributed by atoms with van der Waals surface area (Å²) in [7, 11) is 0. The van der Waals surface area contributed by atoms with Gasteiger partial charge in [-0.3, -0.25) is 4.90 Å². The van der Waals surface area contributed by atoms with Crippen molar-refractivity contribution in [2.45, 2.75) is 44.8 Å². The van der Waals surface area contributed by atoms with Crippen molar-refractivity contribution in [1.82, 2.24) is 19.9 Å². The largest absolute Gasteiger partial charge is 0.382 e. The Balaban J connectivity index is 1.69. The van der Waals surface area contributed by atoms with E-state index in [2.05, 4.69) is 35.1 Å². The van der Waals surface area contributed by atoms with Gasteiger partial charge in [0, 0.05) is 19.1 Å². The molecule has 22 heavy (non-hydrogen) atoms. The molecule has 1 fully saturated rings. The van der Waals surface area contributed by atoms with Crippen LogP contribution in [0.15, 0.2) is 17.8 Å². The molecule has 0 saturated carbocycles. The van der Waals surface area contributed by atoms with Crippen LogP contribution in [0.3, 0.4) is 0 Å². The van der Waals surface area contributed by atoms with Gasteiger partial charge in [-0.05, 0) is 45.2 Å². The normalized spacial score (nSPS) is 27.2. The molecule has 122 valence electrons. The second-order valence-corrected chi connectivity index (χ2v) is 6.73. The molecule has 3 heterocycles.